The van der Waals surface area contributed by atoms with E-state index in [4.69, 9.17) is 39.4 Å². The maximum atomic E-state index is 14.1. The van der Waals surface area contributed by atoms with E-state index in [-0.39, 0.29) is 30.9 Å². The first-order valence-electron chi connectivity index (χ1n) is 14.6. The van der Waals surface area contributed by atoms with Gasteiger partial charge in [-0.2, -0.15) is 0 Å². The van der Waals surface area contributed by atoms with E-state index in [1.807, 2.05) is 55.5 Å². The number of ether oxygens (including phenoxy) is 1. The Kier molecular flexibility index (Phi) is 12.0. The molecule has 0 heterocycles. The second-order valence-corrected chi connectivity index (χ2v) is 11.4. The van der Waals surface area contributed by atoms with E-state index < -0.39 is 23.8 Å². The van der Waals surface area contributed by atoms with Gasteiger partial charge in [0.2, 0.25) is 17.7 Å². The first-order chi connectivity index (χ1) is 21.7. The van der Waals surface area contributed by atoms with Gasteiger partial charge in [0.25, 0.3) is 0 Å². The molecule has 0 saturated carbocycles. The largest absolute Gasteiger partial charge is 0.494 e. The van der Waals surface area contributed by atoms with Gasteiger partial charge in [0, 0.05) is 25.1 Å². The Bertz CT molecular complexity index is 1630. The average molecular weight is 648 g/mol. The Morgan fingerprint density at radius 2 is 1.42 bits per heavy atom. The van der Waals surface area contributed by atoms with E-state index in [0.29, 0.717) is 40.1 Å². The minimum absolute atomic E-state index is 0.147. The topological polar surface area (TPSA) is 137 Å². The molecular weight excluding hydrogens is 611 g/mol. The van der Waals surface area contributed by atoms with Crippen LogP contribution in [-0.2, 0) is 35.5 Å². The molecule has 4 rings (SSSR count). The Balaban J connectivity index is 1.63. The van der Waals surface area contributed by atoms with Crippen LogP contribution in [0.5, 0.6) is 5.75 Å². The van der Waals surface area contributed by atoms with Crippen molar-refractivity contribution >= 4 is 40.9 Å². The third-order valence-electron chi connectivity index (χ3n) is 7.37. The lowest BCUT2D eigenvalue weighted by Crippen LogP contribution is -2.49. The normalized spacial score (nSPS) is 12.2. The summed E-state index contributed by atoms with van der Waals surface area (Å²) in [6.45, 7) is 3.09. The number of carbonyl (C=O) groups excluding carboxylic acids is 3. The highest BCUT2D eigenvalue weighted by Gasteiger charge is 2.29. The molecule has 6 N–H and O–H groups in total. The number of primary amides is 1. The molecule has 0 unspecified atom stereocenters. The summed E-state index contributed by atoms with van der Waals surface area (Å²) in [4.78, 5) is 40.2. The summed E-state index contributed by atoms with van der Waals surface area (Å²) in [6, 6.07) is 25.8. The van der Waals surface area contributed by atoms with Gasteiger partial charge in [-0.05, 0) is 71.5 Å². The molecule has 0 aliphatic heterocycles. The summed E-state index contributed by atoms with van der Waals surface area (Å²) < 4.78 is 5.56. The van der Waals surface area contributed by atoms with Gasteiger partial charge < -0.3 is 26.8 Å². The van der Waals surface area contributed by atoms with Crippen LogP contribution in [0.1, 0.15) is 51.0 Å². The lowest BCUT2D eigenvalue weighted by atomic mass is 9.87. The van der Waals surface area contributed by atoms with Gasteiger partial charge in [-0.3, -0.25) is 14.4 Å². The molecular formula is C35H36Cl2N4O4. The molecule has 2 atom stereocenters. The third-order valence-corrected chi connectivity index (χ3v) is 8.11. The van der Waals surface area contributed by atoms with Crippen molar-refractivity contribution in [2.75, 3.05) is 6.61 Å². The van der Waals surface area contributed by atoms with Gasteiger partial charge in [0.05, 0.1) is 22.6 Å². The predicted molar refractivity (Wildman–Crippen MR) is 177 cm³/mol. The number of amides is 3. The highest BCUT2D eigenvalue weighted by molar-refractivity contribution is 6.42. The minimum atomic E-state index is -0.971. The molecule has 0 radical (unpaired) electrons. The van der Waals surface area contributed by atoms with Crippen molar-refractivity contribution in [1.29, 1.82) is 0 Å². The summed E-state index contributed by atoms with van der Waals surface area (Å²) in [6.07, 6.45) is 0.394. The number of benzene rings is 4. The molecule has 8 nitrogen and oxygen atoms in total. The van der Waals surface area contributed by atoms with Crippen LogP contribution in [0.4, 0.5) is 0 Å². The lowest BCUT2D eigenvalue weighted by molar-refractivity contribution is -0.129. The summed E-state index contributed by atoms with van der Waals surface area (Å²) >= 11 is 12.4. The fourth-order valence-corrected chi connectivity index (χ4v) is 5.30. The van der Waals surface area contributed by atoms with Gasteiger partial charge >= 0.3 is 0 Å². The number of hydrogen-bond donors (Lipinski definition) is 4. The molecule has 4 aromatic rings. The molecule has 0 fully saturated rings. The van der Waals surface area contributed by atoms with Crippen molar-refractivity contribution in [2.45, 2.75) is 44.8 Å². The molecule has 0 aliphatic carbocycles. The fourth-order valence-electron chi connectivity index (χ4n) is 4.98. The van der Waals surface area contributed by atoms with Crippen LogP contribution >= 0.6 is 23.2 Å². The van der Waals surface area contributed by atoms with Gasteiger partial charge in [0.15, 0.2) is 0 Å². The SMILES string of the molecule is CCOc1ccc(C[C@@H](C(=O)N[C@@H](Cc2ccc(Cl)c(Cl)c2)C(=O)NCc2ccc(CN)cc2)c2ccccc2C(N)=O)cc1. The van der Waals surface area contributed by atoms with Crippen LogP contribution in [0.25, 0.3) is 0 Å². The van der Waals surface area contributed by atoms with Crippen molar-refractivity contribution in [1.82, 2.24) is 10.6 Å². The van der Waals surface area contributed by atoms with Crippen molar-refractivity contribution in [3.05, 3.63) is 134 Å². The molecule has 10 heteroatoms. The van der Waals surface area contributed by atoms with Crippen molar-refractivity contribution < 1.29 is 19.1 Å². The molecule has 0 bridgehead atoms. The molecule has 0 aromatic heterocycles. The standard InChI is InChI=1S/C35H36Cl2N4O4/c1-2-45-26-14-11-22(12-15-26)17-29(27-5-3-4-6-28(27)33(39)42)34(43)41-32(19-25-13-16-30(36)31(37)18-25)35(44)40-21-24-9-7-23(20-38)8-10-24/h3-16,18,29,32H,2,17,19-21,38H2,1H3,(H2,39,42)(H,40,44)(H,41,43)/t29-,32+/m1/s1. The zero-order valence-corrected chi connectivity index (χ0v) is 26.4. The van der Waals surface area contributed by atoms with Gasteiger partial charge in [-0.25, -0.2) is 0 Å². The Hall–Kier alpha value is -4.37. The maximum Gasteiger partial charge on any atom is 0.249 e. The Labute approximate surface area is 273 Å². The zero-order chi connectivity index (χ0) is 32.3. The first kappa shape index (κ1) is 33.5. The summed E-state index contributed by atoms with van der Waals surface area (Å²) in [7, 11) is 0. The van der Waals surface area contributed by atoms with Crippen LogP contribution < -0.4 is 26.8 Å². The third kappa shape index (κ3) is 9.31. The number of rotatable bonds is 14. The number of nitrogens with two attached hydrogens (primary N) is 2. The molecule has 0 aliphatic rings. The summed E-state index contributed by atoms with van der Waals surface area (Å²) in [5.41, 5.74) is 15.5. The van der Waals surface area contributed by atoms with Crippen LogP contribution in [0.3, 0.4) is 0 Å². The summed E-state index contributed by atoms with van der Waals surface area (Å²) in [5, 5.41) is 6.60. The molecule has 234 valence electrons. The molecule has 3 amide bonds. The van der Waals surface area contributed by atoms with Crippen LogP contribution in [0, 0.1) is 0 Å². The van der Waals surface area contributed by atoms with Crippen molar-refractivity contribution in [3.63, 3.8) is 0 Å². The average Bonchev–Trinajstić information content (AvgIpc) is 3.05. The van der Waals surface area contributed by atoms with E-state index in [0.717, 1.165) is 16.7 Å². The van der Waals surface area contributed by atoms with E-state index in [1.54, 1.807) is 42.5 Å². The number of carbonyl (C=O) groups is 3. The molecule has 4 aromatic carbocycles. The maximum absolute atomic E-state index is 14.1. The Morgan fingerprint density at radius 3 is 2.07 bits per heavy atom. The van der Waals surface area contributed by atoms with Gasteiger partial charge in [-0.15, -0.1) is 0 Å². The van der Waals surface area contributed by atoms with Gasteiger partial charge in [0.1, 0.15) is 11.8 Å². The number of halogens is 2. The molecule has 0 saturated heterocycles. The van der Waals surface area contributed by atoms with E-state index in [9.17, 15) is 14.4 Å². The van der Waals surface area contributed by atoms with E-state index in [1.165, 1.54) is 0 Å². The number of nitrogens with one attached hydrogen (secondary N) is 2. The van der Waals surface area contributed by atoms with Gasteiger partial charge in [-0.1, -0.05) is 83.9 Å². The second kappa shape index (κ2) is 16.1. The second-order valence-electron chi connectivity index (χ2n) is 10.5. The quantitative estimate of drug-likeness (QED) is 0.147. The Morgan fingerprint density at radius 1 is 0.778 bits per heavy atom. The zero-order valence-electron chi connectivity index (χ0n) is 24.9. The van der Waals surface area contributed by atoms with Crippen LogP contribution in [0.15, 0.2) is 91.0 Å². The van der Waals surface area contributed by atoms with E-state index >= 15 is 0 Å². The van der Waals surface area contributed by atoms with E-state index in [2.05, 4.69) is 10.6 Å². The van der Waals surface area contributed by atoms with Crippen LogP contribution in [0.2, 0.25) is 10.0 Å². The molecule has 45 heavy (non-hydrogen) atoms. The number of hydrogen-bond acceptors (Lipinski definition) is 5. The van der Waals surface area contributed by atoms with Crippen molar-refractivity contribution in [2.24, 2.45) is 11.5 Å². The van der Waals surface area contributed by atoms with Crippen LogP contribution in [-0.4, -0.2) is 30.4 Å². The lowest BCUT2D eigenvalue weighted by Gasteiger charge is -2.24. The minimum Gasteiger partial charge on any atom is -0.494 e. The first-order valence-corrected chi connectivity index (χ1v) is 15.3. The highest BCUT2D eigenvalue weighted by atomic mass is 35.5. The monoisotopic (exact) mass is 646 g/mol. The van der Waals surface area contributed by atoms with Crippen molar-refractivity contribution in [3.8, 4) is 5.75 Å². The smallest absolute Gasteiger partial charge is 0.249 e. The predicted octanol–water partition coefficient (Wildman–Crippen LogP) is 5.32. The fraction of sp³-hybridized carbons (Fsp3) is 0.229. The molecule has 0 spiro atoms. The highest BCUT2D eigenvalue weighted by Crippen LogP contribution is 2.27. The summed E-state index contributed by atoms with van der Waals surface area (Å²) in [5.74, 6) is -1.61.